The molecule has 1 aromatic rings. The number of anilines is 1. The fourth-order valence-corrected chi connectivity index (χ4v) is 1.80. The summed E-state index contributed by atoms with van der Waals surface area (Å²) in [7, 11) is -5.53. The highest BCUT2D eigenvalue weighted by molar-refractivity contribution is 7.86. The molecule has 0 saturated carbocycles. The molecule has 0 spiro atoms. The Morgan fingerprint density at radius 2 is 1.75 bits per heavy atom. The Labute approximate surface area is 109 Å². The molecule has 11 heteroatoms. The second-order valence-electron chi connectivity index (χ2n) is 3.41. The SMILES string of the molecule is O=C(O)c1ccc(NC(=O)C(F)(F)F)c(S(=O)(=O)F)c1. The topological polar surface area (TPSA) is 101 Å². The van der Waals surface area contributed by atoms with Gasteiger partial charge in [0.05, 0.1) is 11.3 Å². The summed E-state index contributed by atoms with van der Waals surface area (Å²) in [6.45, 7) is 0. The van der Waals surface area contributed by atoms with Crippen LogP contribution in [0.2, 0.25) is 0 Å². The van der Waals surface area contributed by atoms with Gasteiger partial charge in [-0.2, -0.15) is 21.6 Å². The van der Waals surface area contributed by atoms with Crippen molar-refractivity contribution in [3.8, 4) is 0 Å². The van der Waals surface area contributed by atoms with Crippen molar-refractivity contribution in [2.75, 3.05) is 5.32 Å². The van der Waals surface area contributed by atoms with Crippen LogP contribution in [-0.4, -0.2) is 31.6 Å². The third-order valence-corrected chi connectivity index (χ3v) is 2.86. The van der Waals surface area contributed by atoms with Crippen molar-refractivity contribution in [3.63, 3.8) is 0 Å². The number of carboxylic acid groups (broad SMARTS) is 1. The van der Waals surface area contributed by atoms with Gasteiger partial charge < -0.3 is 10.4 Å². The standard InChI is InChI=1S/C9H5F4NO5S/c10-9(11,12)8(17)14-5-2-1-4(7(15)16)3-6(5)20(13,18)19/h1-3H,(H,14,17)(H,15,16). The average Bonchev–Trinajstić information content (AvgIpc) is 2.26. The summed E-state index contributed by atoms with van der Waals surface area (Å²) in [5.41, 5.74) is -1.69. The number of benzene rings is 1. The van der Waals surface area contributed by atoms with E-state index in [9.17, 15) is 35.1 Å². The molecule has 0 aliphatic heterocycles. The normalized spacial score (nSPS) is 12.0. The Hall–Kier alpha value is -2.17. The second kappa shape index (κ2) is 5.07. The van der Waals surface area contributed by atoms with Gasteiger partial charge in [-0.1, -0.05) is 0 Å². The molecule has 110 valence electrons. The molecule has 0 radical (unpaired) electrons. The molecule has 1 aromatic carbocycles. The Kier molecular flexibility index (Phi) is 4.03. The van der Waals surface area contributed by atoms with Gasteiger partial charge in [-0.3, -0.25) is 4.79 Å². The molecule has 0 aliphatic carbocycles. The van der Waals surface area contributed by atoms with Crippen LogP contribution in [0.25, 0.3) is 0 Å². The minimum Gasteiger partial charge on any atom is -0.478 e. The van der Waals surface area contributed by atoms with E-state index in [0.717, 1.165) is 5.32 Å². The zero-order valence-electron chi connectivity index (χ0n) is 9.23. The first kappa shape index (κ1) is 15.9. The lowest BCUT2D eigenvalue weighted by atomic mass is 10.2. The molecule has 0 atom stereocenters. The Morgan fingerprint density at radius 1 is 1.20 bits per heavy atom. The van der Waals surface area contributed by atoms with Gasteiger partial charge in [0.1, 0.15) is 4.90 Å². The van der Waals surface area contributed by atoms with E-state index in [0.29, 0.717) is 18.2 Å². The van der Waals surface area contributed by atoms with E-state index in [1.165, 1.54) is 0 Å². The van der Waals surface area contributed by atoms with Crippen molar-refractivity contribution in [3.05, 3.63) is 23.8 Å². The van der Waals surface area contributed by atoms with Crippen LogP contribution < -0.4 is 5.32 Å². The number of hydrogen-bond donors (Lipinski definition) is 2. The van der Waals surface area contributed by atoms with Gasteiger partial charge in [0.2, 0.25) is 0 Å². The fraction of sp³-hybridized carbons (Fsp3) is 0.111. The van der Waals surface area contributed by atoms with E-state index in [1.807, 2.05) is 0 Å². The summed E-state index contributed by atoms with van der Waals surface area (Å²) in [6.07, 6.45) is -5.32. The predicted octanol–water partition coefficient (Wildman–Crippen LogP) is 1.54. The minimum atomic E-state index is -5.53. The minimum absolute atomic E-state index is 0.295. The highest BCUT2D eigenvalue weighted by Gasteiger charge is 2.39. The zero-order chi connectivity index (χ0) is 15.7. The Balaban J connectivity index is 3.34. The molecule has 0 bridgehead atoms. The molecule has 6 nitrogen and oxygen atoms in total. The van der Waals surface area contributed by atoms with Crippen molar-refractivity contribution in [1.82, 2.24) is 0 Å². The maximum atomic E-state index is 12.9. The van der Waals surface area contributed by atoms with Crippen molar-refractivity contribution >= 4 is 27.8 Å². The van der Waals surface area contributed by atoms with E-state index in [1.54, 1.807) is 0 Å². The van der Waals surface area contributed by atoms with Gasteiger partial charge in [0.15, 0.2) is 0 Å². The van der Waals surface area contributed by atoms with E-state index >= 15 is 0 Å². The van der Waals surface area contributed by atoms with Crippen LogP contribution in [0.15, 0.2) is 23.1 Å². The monoisotopic (exact) mass is 315 g/mol. The zero-order valence-corrected chi connectivity index (χ0v) is 10.0. The molecular formula is C9H5F4NO5S. The lowest BCUT2D eigenvalue weighted by molar-refractivity contribution is -0.167. The lowest BCUT2D eigenvalue weighted by Gasteiger charge is -2.10. The van der Waals surface area contributed by atoms with Crippen molar-refractivity contribution in [1.29, 1.82) is 0 Å². The number of aromatic carboxylic acids is 1. The first-order valence-electron chi connectivity index (χ1n) is 4.63. The van der Waals surface area contributed by atoms with Gasteiger partial charge in [-0.25, -0.2) is 4.79 Å². The summed E-state index contributed by atoms with van der Waals surface area (Å²) < 4.78 is 70.5. The van der Waals surface area contributed by atoms with Crippen LogP contribution in [0.1, 0.15) is 10.4 Å². The number of amides is 1. The number of halogens is 4. The number of rotatable bonds is 3. The van der Waals surface area contributed by atoms with Gasteiger partial charge in [-0.15, -0.1) is 3.89 Å². The quantitative estimate of drug-likeness (QED) is 0.651. The van der Waals surface area contributed by atoms with Crippen LogP contribution in [0, 0.1) is 0 Å². The molecule has 0 unspecified atom stereocenters. The van der Waals surface area contributed by atoms with Crippen molar-refractivity contribution in [2.24, 2.45) is 0 Å². The maximum Gasteiger partial charge on any atom is 0.471 e. The van der Waals surface area contributed by atoms with Crippen LogP contribution in [0.4, 0.5) is 22.7 Å². The number of alkyl halides is 3. The molecular weight excluding hydrogens is 310 g/mol. The third kappa shape index (κ3) is 3.66. The molecule has 1 amide bonds. The van der Waals surface area contributed by atoms with Crippen LogP contribution in [0.3, 0.4) is 0 Å². The molecule has 0 saturated heterocycles. The average molecular weight is 315 g/mol. The largest absolute Gasteiger partial charge is 0.478 e. The number of hydrogen-bond acceptors (Lipinski definition) is 4. The fourth-order valence-electron chi connectivity index (χ4n) is 1.15. The van der Waals surface area contributed by atoms with E-state index in [4.69, 9.17) is 5.11 Å². The Morgan fingerprint density at radius 3 is 2.15 bits per heavy atom. The molecule has 2 N–H and O–H groups in total. The molecule has 0 fully saturated rings. The summed E-state index contributed by atoms with van der Waals surface area (Å²) in [4.78, 5) is 19.9. The van der Waals surface area contributed by atoms with Gasteiger partial charge >= 0.3 is 28.3 Å². The molecule has 0 aromatic heterocycles. The van der Waals surface area contributed by atoms with E-state index in [2.05, 4.69) is 0 Å². The maximum absolute atomic E-state index is 12.9. The smallest absolute Gasteiger partial charge is 0.471 e. The number of carboxylic acids is 1. The highest BCUT2D eigenvalue weighted by atomic mass is 32.3. The number of carbonyl (C=O) groups excluding carboxylic acids is 1. The Bertz CT molecular complexity index is 667. The van der Waals surface area contributed by atoms with E-state index < -0.39 is 44.4 Å². The van der Waals surface area contributed by atoms with Crippen molar-refractivity contribution in [2.45, 2.75) is 11.1 Å². The summed E-state index contributed by atoms with van der Waals surface area (Å²) in [5, 5.41) is 9.74. The second-order valence-corrected chi connectivity index (χ2v) is 4.72. The van der Waals surface area contributed by atoms with E-state index in [-0.39, 0.29) is 0 Å². The van der Waals surface area contributed by atoms with Gasteiger partial charge in [-0.05, 0) is 18.2 Å². The first-order chi connectivity index (χ1) is 8.93. The summed E-state index contributed by atoms with van der Waals surface area (Å²) in [5.74, 6) is -4.14. The van der Waals surface area contributed by atoms with Crippen LogP contribution in [0.5, 0.6) is 0 Å². The van der Waals surface area contributed by atoms with Crippen LogP contribution >= 0.6 is 0 Å². The molecule has 1 rings (SSSR count). The highest BCUT2D eigenvalue weighted by Crippen LogP contribution is 2.27. The summed E-state index contributed by atoms with van der Waals surface area (Å²) in [6, 6.07) is 1.55. The summed E-state index contributed by atoms with van der Waals surface area (Å²) >= 11 is 0. The van der Waals surface area contributed by atoms with Crippen molar-refractivity contribution < 1.29 is 40.2 Å². The van der Waals surface area contributed by atoms with Crippen LogP contribution in [-0.2, 0) is 15.0 Å². The predicted molar refractivity (Wildman–Crippen MR) is 56.4 cm³/mol. The lowest BCUT2D eigenvalue weighted by Crippen LogP contribution is -2.30. The molecule has 0 aliphatic rings. The molecule has 0 heterocycles. The third-order valence-electron chi connectivity index (χ3n) is 2.00. The van der Waals surface area contributed by atoms with Gasteiger partial charge in [0.25, 0.3) is 0 Å². The number of nitrogens with one attached hydrogen (secondary N) is 1. The van der Waals surface area contributed by atoms with Gasteiger partial charge in [0, 0.05) is 0 Å². The molecule has 20 heavy (non-hydrogen) atoms. The first-order valence-corrected chi connectivity index (χ1v) is 6.01. The number of carbonyl (C=O) groups is 2.